The Balaban J connectivity index is 0.0000108. The number of pyridine rings is 1. The number of imidazole rings is 1. The summed E-state index contributed by atoms with van der Waals surface area (Å²) in [6.45, 7) is -6.11. The molecule has 8 aromatic rings. The van der Waals surface area contributed by atoms with Crippen molar-refractivity contribution in [3.63, 3.8) is 0 Å². The number of phenolic OH excluding ortho intramolecular Hbond substituents is 1. The topological polar surface area (TPSA) is 50.9 Å². The van der Waals surface area contributed by atoms with Crippen LogP contribution in [0, 0.1) is 6.07 Å². The van der Waals surface area contributed by atoms with Crippen molar-refractivity contribution in [2.24, 2.45) is 0 Å². The van der Waals surface area contributed by atoms with Crippen LogP contribution in [-0.2, 0) is 42.7 Å². The Bertz CT molecular complexity index is 3820. The van der Waals surface area contributed by atoms with E-state index in [0.717, 1.165) is 11.1 Å². The van der Waals surface area contributed by atoms with Gasteiger partial charge in [0.05, 0.1) is 33.1 Å². The molecule has 0 spiro atoms. The van der Waals surface area contributed by atoms with Crippen molar-refractivity contribution in [1.29, 1.82) is 0 Å². The van der Waals surface area contributed by atoms with E-state index in [1.165, 1.54) is 16.0 Å². The fourth-order valence-corrected chi connectivity index (χ4v) is 9.31. The van der Waals surface area contributed by atoms with E-state index in [1.54, 1.807) is 42.5 Å². The van der Waals surface area contributed by atoms with Gasteiger partial charge in [0.1, 0.15) is 11.6 Å². The van der Waals surface area contributed by atoms with Crippen LogP contribution in [0.1, 0.15) is 132 Å². The number of phenols is 1. The second-order valence-electron chi connectivity index (χ2n) is 20.2. The SMILES string of the molecule is [2H]c1cnc(-c2[c-]c(-c3cccc4c3nc(-c3cc(C(C([2H])([2H])[2H])(C([2H])([2H])[2H])C([2H])([2H])[2H])cc(C(C([2H])([2H])[2H])(C([2H])([2H])[2H])C([2H])([2H])[2H])c3O)n4-c3ccc(C(C)(C)C)cc3-c3ccccc3)cc(C(C)(C)C)c2)c([2H])c1-c1ccc([Si](C)(C)C)cc1.[Pt]. The van der Waals surface area contributed by atoms with Crippen LogP contribution < -0.4 is 5.19 Å². The van der Waals surface area contributed by atoms with Crippen molar-refractivity contribution < 1.29 is 53.6 Å². The molecule has 0 unspecified atom stereocenters. The smallest absolute Gasteiger partial charge is 0.148 e. The average Bonchev–Trinajstić information content (AvgIpc) is 1.09. The van der Waals surface area contributed by atoms with Crippen molar-refractivity contribution in [2.75, 3.05) is 0 Å². The van der Waals surface area contributed by atoms with Crippen molar-refractivity contribution >= 4 is 24.3 Å². The summed E-state index contributed by atoms with van der Waals surface area (Å²) in [4.78, 5) is 9.84. The molecule has 348 valence electrons. The van der Waals surface area contributed by atoms with Crippen LogP contribution in [0.5, 0.6) is 5.75 Å². The van der Waals surface area contributed by atoms with Gasteiger partial charge in [-0.15, -0.1) is 29.3 Å². The molecule has 2 heterocycles. The molecule has 0 saturated heterocycles. The number of hydrogen-bond donors (Lipinski definition) is 1. The summed E-state index contributed by atoms with van der Waals surface area (Å²) in [5, 5.41) is 14.3. The molecule has 0 saturated carbocycles. The molecule has 0 aliphatic rings. The van der Waals surface area contributed by atoms with E-state index in [2.05, 4.69) is 30.7 Å². The number of para-hydroxylation sites is 1. The molecule has 6 aromatic carbocycles. The van der Waals surface area contributed by atoms with Crippen LogP contribution >= 0.6 is 0 Å². The quantitative estimate of drug-likeness (QED) is 0.128. The third-order valence-corrected chi connectivity index (χ3v) is 14.1. The van der Waals surface area contributed by atoms with Crippen LogP contribution in [-0.4, -0.2) is 27.7 Å². The molecule has 0 aliphatic heterocycles. The molecule has 67 heavy (non-hydrogen) atoms. The summed E-state index contributed by atoms with van der Waals surface area (Å²) in [5.41, 5.74) is -7.30. The van der Waals surface area contributed by atoms with Gasteiger partial charge in [0.25, 0.3) is 0 Å². The molecule has 0 amide bonds. The summed E-state index contributed by atoms with van der Waals surface area (Å²) in [6, 6.07) is 35.5. The van der Waals surface area contributed by atoms with Crippen LogP contribution in [0.4, 0.5) is 0 Å². The molecular weight excluding hydrogens is 1010 g/mol. The Morgan fingerprint density at radius 1 is 0.612 bits per heavy atom. The first-order valence-electron chi connectivity index (χ1n) is 31.9. The monoisotopic (exact) mass is 1100 g/mol. The molecule has 0 bridgehead atoms. The van der Waals surface area contributed by atoms with Crippen LogP contribution in [0.15, 0.2) is 134 Å². The molecule has 0 atom stereocenters. The van der Waals surface area contributed by atoms with E-state index in [0.29, 0.717) is 45.0 Å². The largest absolute Gasteiger partial charge is 0.507 e. The Hall–Kier alpha value is -5.35. The first-order chi connectivity index (χ1) is 39.1. The third kappa shape index (κ3) is 10.1. The molecule has 2 aromatic heterocycles. The van der Waals surface area contributed by atoms with Crippen molar-refractivity contribution in [2.45, 2.75) is 124 Å². The van der Waals surface area contributed by atoms with Gasteiger partial charge in [0.15, 0.2) is 0 Å². The van der Waals surface area contributed by atoms with Gasteiger partial charge in [-0.3, -0.25) is 9.55 Å². The number of fused-ring (bicyclic) bond motifs is 1. The molecule has 0 aliphatic carbocycles. The molecule has 1 N–H and O–H groups in total. The Morgan fingerprint density at radius 3 is 1.90 bits per heavy atom. The molecular formula is C61H68N3OPtSi-. The van der Waals surface area contributed by atoms with Crippen LogP contribution in [0.2, 0.25) is 19.6 Å². The van der Waals surface area contributed by atoms with Gasteiger partial charge in [0.2, 0.25) is 0 Å². The maximum atomic E-state index is 13.1. The summed E-state index contributed by atoms with van der Waals surface area (Å²) in [6.07, 6.45) is 1.38. The predicted octanol–water partition coefficient (Wildman–Crippen LogP) is 16.0. The minimum atomic E-state index is -4.17. The summed E-state index contributed by atoms with van der Waals surface area (Å²) in [7, 11) is -1.72. The van der Waals surface area contributed by atoms with E-state index in [9.17, 15) is 6.48 Å². The van der Waals surface area contributed by atoms with Gasteiger partial charge < -0.3 is 5.11 Å². The average molecular weight is 1100 g/mol. The number of aromatic nitrogens is 3. The molecule has 6 heteroatoms. The van der Waals surface area contributed by atoms with Gasteiger partial charge in [-0.1, -0.05) is 204 Å². The van der Waals surface area contributed by atoms with E-state index in [4.69, 9.17) is 31.0 Å². The van der Waals surface area contributed by atoms with Crippen molar-refractivity contribution in [3.8, 4) is 67.5 Å². The standard InChI is InChI=1S/C61H68N3OSi.Pt/c1-58(2,3)44-26-29-53(49(36-44)40-20-17-16-18-21-40)64-54-23-19-22-48(55(54)63-57(64)50-37-46(60(7,8)9)38-51(56(50)65)61(10,11)12)42-32-43(34-45(33-42)59(4,5)6)52-35-41(30-31-62-52)39-24-27-47(28-25-39)66(13,14)15;/h16-31,33-38,65H,1-15H3;/q-1;/i7D3,8D3,9D3,10D3,11D3,12D3,30D,35D;. The van der Waals surface area contributed by atoms with Gasteiger partial charge in [-0.25, -0.2) is 4.98 Å². The van der Waals surface area contributed by atoms with Gasteiger partial charge in [-0.05, 0) is 79.8 Å². The fraction of sp³-hybridized carbons (Fsp3) is 0.311. The Kier molecular flexibility index (Phi) is 7.91. The minimum Gasteiger partial charge on any atom is -0.507 e. The number of rotatable bonds is 7. The number of aromatic hydroxyl groups is 1. The minimum absolute atomic E-state index is 0. The van der Waals surface area contributed by atoms with Crippen molar-refractivity contribution in [1.82, 2.24) is 14.5 Å². The fourth-order valence-electron chi connectivity index (χ4n) is 8.15. The first-order valence-corrected chi connectivity index (χ1v) is 25.4. The van der Waals surface area contributed by atoms with Gasteiger partial charge >= 0.3 is 0 Å². The zero-order valence-electron chi connectivity index (χ0n) is 59.2. The Labute approximate surface area is 444 Å². The van der Waals surface area contributed by atoms with Gasteiger partial charge in [-0.2, -0.15) is 0 Å². The van der Waals surface area contributed by atoms with Gasteiger partial charge in [0, 0.05) is 68.8 Å². The van der Waals surface area contributed by atoms with E-state index in [-0.39, 0.29) is 61.6 Å². The van der Waals surface area contributed by atoms with Crippen LogP contribution in [0.3, 0.4) is 0 Å². The van der Waals surface area contributed by atoms with E-state index in [1.807, 2.05) is 102 Å². The second-order valence-corrected chi connectivity index (χ2v) is 25.3. The zero-order valence-corrected chi connectivity index (χ0v) is 42.4. The Morgan fingerprint density at radius 2 is 1.25 bits per heavy atom. The summed E-state index contributed by atoms with van der Waals surface area (Å²) >= 11 is 0. The van der Waals surface area contributed by atoms with E-state index < -0.39 is 99.1 Å². The zero-order chi connectivity index (χ0) is 64.5. The normalized spacial score (nSPS) is 18.2. The second kappa shape index (κ2) is 17.9. The molecule has 4 nitrogen and oxygen atoms in total. The first kappa shape index (κ1) is 29.5. The van der Waals surface area contributed by atoms with Crippen molar-refractivity contribution in [3.05, 3.63) is 162 Å². The van der Waals surface area contributed by atoms with E-state index >= 15 is 0 Å². The molecule has 0 radical (unpaired) electrons. The summed E-state index contributed by atoms with van der Waals surface area (Å²) < 4.78 is 179. The molecule has 0 fully saturated rings. The number of benzene rings is 6. The molecule has 8 rings (SSSR count). The van der Waals surface area contributed by atoms with Crippen LogP contribution in [0.25, 0.3) is 72.7 Å². The number of nitrogens with zero attached hydrogens (tertiary/aromatic N) is 3. The maximum Gasteiger partial charge on any atom is 0.148 e. The number of hydrogen-bond acceptors (Lipinski definition) is 3. The third-order valence-electron chi connectivity index (χ3n) is 12.0. The maximum absolute atomic E-state index is 13.1. The summed E-state index contributed by atoms with van der Waals surface area (Å²) in [5.74, 6) is -1.85. The predicted molar refractivity (Wildman–Crippen MR) is 284 cm³/mol.